The van der Waals surface area contributed by atoms with E-state index in [2.05, 4.69) is 19.7 Å². The molecule has 3 heterocycles. The Kier molecular flexibility index (Phi) is 6.53. The molecule has 2 aromatic rings. The van der Waals surface area contributed by atoms with Crippen molar-refractivity contribution in [3.63, 3.8) is 0 Å². The molecule has 0 aromatic carbocycles. The van der Waals surface area contributed by atoms with Gasteiger partial charge >= 0.3 is 10.4 Å². The third-order valence-corrected chi connectivity index (χ3v) is 5.26. The molecule has 0 bridgehead atoms. The Bertz CT molecular complexity index is 1290. The second kappa shape index (κ2) is 9.02. The van der Waals surface area contributed by atoms with Crippen molar-refractivity contribution >= 4 is 44.4 Å². The number of nitrogens with one attached hydrogen (secondary N) is 1. The summed E-state index contributed by atoms with van der Waals surface area (Å²) in [5.74, 6) is -2.61. The first-order valence-electron chi connectivity index (χ1n) is 8.73. The summed E-state index contributed by atoms with van der Waals surface area (Å²) in [5, 5.41) is 26.8. The lowest BCUT2D eigenvalue weighted by Gasteiger charge is -2.42. The van der Waals surface area contributed by atoms with E-state index in [-0.39, 0.29) is 16.5 Å². The van der Waals surface area contributed by atoms with Crippen molar-refractivity contribution in [3.05, 3.63) is 39.3 Å². The van der Waals surface area contributed by atoms with Gasteiger partial charge in [-0.1, -0.05) is 5.16 Å². The van der Waals surface area contributed by atoms with E-state index in [1.165, 1.54) is 12.3 Å². The van der Waals surface area contributed by atoms with Gasteiger partial charge in [-0.25, -0.2) is 4.98 Å². The predicted molar refractivity (Wildman–Crippen MR) is 108 cm³/mol. The molecule has 1 aliphatic rings. The molecule has 0 spiro atoms. The smallest absolute Gasteiger partial charge is 0.418 e. The molecule has 1 aliphatic heterocycles. The van der Waals surface area contributed by atoms with E-state index in [0.29, 0.717) is 9.79 Å². The molecule has 1 saturated heterocycles. The van der Waals surface area contributed by atoms with Crippen molar-refractivity contribution in [1.82, 2.24) is 20.1 Å². The number of aromatic nitrogens is 2. The lowest BCUT2D eigenvalue weighted by Crippen LogP contribution is -2.70. The average molecular weight is 504 g/mol. The fraction of sp³-hybridized carbons (Fsp3) is 0.267. The first-order valence-corrected chi connectivity index (χ1v) is 11.0. The van der Waals surface area contributed by atoms with Crippen LogP contribution in [0.1, 0.15) is 18.3 Å². The molecular weight excluding hydrogens is 488 g/mol. The molecule has 0 unspecified atom stereocenters. The molecule has 6 N–H and O–H groups in total. The zero-order valence-corrected chi connectivity index (χ0v) is 18.1. The molecule has 33 heavy (non-hydrogen) atoms. The number of anilines is 1. The number of thiazole rings is 1. The maximum absolute atomic E-state index is 12.7. The minimum absolute atomic E-state index is 0.0208. The maximum Gasteiger partial charge on any atom is 0.418 e. The zero-order chi connectivity index (χ0) is 24.5. The van der Waals surface area contributed by atoms with Gasteiger partial charge in [-0.3, -0.25) is 18.9 Å². The topological polar surface area (TPSA) is 236 Å². The Hall–Kier alpha value is -3.74. The Balaban J connectivity index is 1.76. The number of nitrogens with zero attached hydrogens (tertiary/aromatic N) is 4. The summed E-state index contributed by atoms with van der Waals surface area (Å²) >= 11 is 0.980. The van der Waals surface area contributed by atoms with Gasteiger partial charge in [0.1, 0.15) is 17.4 Å². The molecule has 178 valence electrons. The van der Waals surface area contributed by atoms with Crippen LogP contribution in [0.2, 0.25) is 0 Å². The number of pyridine rings is 1. The normalized spacial score (nSPS) is 18.7. The van der Waals surface area contributed by atoms with Gasteiger partial charge in [0.05, 0.1) is 12.2 Å². The minimum atomic E-state index is -4.94. The third-order valence-electron chi connectivity index (χ3n) is 4.23. The van der Waals surface area contributed by atoms with Crippen molar-refractivity contribution in [2.24, 2.45) is 5.16 Å². The zero-order valence-electron chi connectivity index (χ0n) is 16.5. The van der Waals surface area contributed by atoms with E-state index in [9.17, 15) is 33.1 Å². The highest BCUT2D eigenvalue weighted by Crippen LogP contribution is 2.22. The number of hydrogen-bond acceptors (Lipinski definition) is 13. The second-order valence-corrected chi connectivity index (χ2v) is 8.40. The number of carbonyl (C=O) groups is 2. The van der Waals surface area contributed by atoms with Crippen LogP contribution in [-0.2, 0) is 35.7 Å². The van der Waals surface area contributed by atoms with Crippen LogP contribution in [0.5, 0.6) is 5.75 Å². The van der Waals surface area contributed by atoms with Gasteiger partial charge in [0.15, 0.2) is 23.2 Å². The molecule has 0 saturated carbocycles. The van der Waals surface area contributed by atoms with Crippen LogP contribution in [0.15, 0.2) is 27.6 Å². The number of oxime groups is 1. The van der Waals surface area contributed by atoms with Gasteiger partial charge in [-0.15, -0.1) is 15.6 Å². The number of nitrogens with two attached hydrogens (primary N) is 1. The lowest BCUT2D eigenvalue weighted by molar-refractivity contribution is -0.196. The molecule has 3 rings (SSSR count). The van der Waals surface area contributed by atoms with E-state index >= 15 is 0 Å². The molecule has 2 atom stereocenters. The molecular formula is C15H16N6O10S2. The van der Waals surface area contributed by atoms with E-state index in [0.717, 1.165) is 23.6 Å². The first-order chi connectivity index (χ1) is 15.4. The Labute approximate surface area is 188 Å². The van der Waals surface area contributed by atoms with Gasteiger partial charge in [-0.05, 0) is 6.92 Å². The van der Waals surface area contributed by atoms with Crippen LogP contribution >= 0.6 is 11.3 Å². The fourth-order valence-corrected chi connectivity index (χ4v) is 3.58. The van der Waals surface area contributed by atoms with Gasteiger partial charge in [0.2, 0.25) is 5.43 Å². The predicted octanol–water partition coefficient (Wildman–Crippen LogP) is -1.80. The van der Waals surface area contributed by atoms with Crippen LogP contribution in [0.4, 0.5) is 5.13 Å². The molecule has 2 aromatic heterocycles. The molecule has 0 radical (unpaired) electrons. The summed E-state index contributed by atoms with van der Waals surface area (Å²) in [6.45, 7) is 0.841. The Morgan fingerprint density at radius 2 is 2.12 bits per heavy atom. The van der Waals surface area contributed by atoms with Gasteiger partial charge in [0, 0.05) is 11.4 Å². The average Bonchev–Trinajstić information content (AvgIpc) is 3.16. The number of nitrogen functional groups attached to an aromatic ring is 1. The molecule has 1 fully saturated rings. The minimum Gasteiger partial charge on any atom is -0.503 e. The van der Waals surface area contributed by atoms with Crippen LogP contribution < -0.4 is 16.5 Å². The summed E-state index contributed by atoms with van der Waals surface area (Å²) in [5.41, 5.74) is 4.22. The van der Waals surface area contributed by atoms with Crippen molar-refractivity contribution in [1.29, 1.82) is 0 Å². The number of amides is 2. The van der Waals surface area contributed by atoms with Gasteiger partial charge in [0.25, 0.3) is 11.8 Å². The quantitative estimate of drug-likeness (QED) is 0.0880. The van der Waals surface area contributed by atoms with Gasteiger partial charge in [-0.2, -0.15) is 18.2 Å². The van der Waals surface area contributed by atoms with Crippen LogP contribution in [0, 0.1) is 0 Å². The molecule has 18 heteroatoms. The largest absolute Gasteiger partial charge is 0.503 e. The SMILES string of the molecule is C[C@H]1[C@H](NC(=O)/C(=N\OCc2cc(=O)c(O)cn2O)c2csc(N)n2)C(=O)N1OS(=O)(=O)O. The van der Waals surface area contributed by atoms with E-state index < -0.39 is 57.8 Å². The molecule has 2 amide bonds. The fourth-order valence-electron chi connectivity index (χ4n) is 2.62. The number of hydroxylamine groups is 2. The van der Waals surface area contributed by atoms with Crippen LogP contribution in [-0.4, -0.2) is 67.7 Å². The van der Waals surface area contributed by atoms with Crippen molar-refractivity contribution < 1.29 is 42.0 Å². The van der Waals surface area contributed by atoms with E-state index in [1.54, 1.807) is 0 Å². The summed E-state index contributed by atoms with van der Waals surface area (Å²) in [6, 6.07) is -1.31. The highest BCUT2D eigenvalue weighted by molar-refractivity contribution is 7.80. The van der Waals surface area contributed by atoms with Crippen molar-refractivity contribution in [2.75, 3.05) is 5.73 Å². The number of rotatable bonds is 8. The molecule has 16 nitrogen and oxygen atoms in total. The summed E-state index contributed by atoms with van der Waals surface area (Å²) in [6.07, 6.45) is 0.740. The summed E-state index contributed by atoms with van der Waals surface area (Å²) in [7, 11) is -4.94. The first kappa shape index (κ1) is 23.9. The molecule has 0 aliphatic carbocycles. The standard InChI is InChI=1S/C15H16N6O10S2/c1-6-11(14(25)21(6)31-33(27,28)29)18-13(24)12(8-5-32-15(16)17-8)19-30-4-7-2-9(22)10(23)3-20(7)26/h2-3,5-6,11,23,26H,4H2,1H3,(H2,16,17)(H,18,24)(H,27,28,29)/b19-12-/t6-,11-/m0/s1. The highest BCUT2D eigenvalue weighted by atomic mass is 32.3. The summed E-state index contributed by atoms with van der Waals surface area (Å²) in [4.78, 5) is 45.2. The summed E-state index contributed by atoms with van der Waals surface area (Å²) < 4.78 is 34.8. The van der Waals surface area contributed by atoms with Gasteiger partial charge < -0.3 is 26.2 Å². The van der Waals surface area contributed by atoms with E-state index in [4.69, 9.17) is 15.1 Å². The van der Waals surface area contributed by atoms with Crippen LogP contribution in [0.25, 0.3) is 0 Å². The second-order valence-electron chi connectivity index (χ2n) is 6.50. The third kappa shape index (κ3) is 5.37. The number of hydrogen-bond donors (Lipinski definition) is 5. The van der Waals surface area contributed by atoms with Crippen molar-refractivity contribution in [3.8, 4) is 5.75 Å². The highest BCUT2D eigenvalue weighted by Gasteiger charge is 2.49. The Morgan fingerprint density at radius 3 is 2.70 bits per heavy atom. The van der Waals surface area contributed by atoms with E-state index in [1.807, 2.05) is 0 Å². The van der Waals surface area contributed by atoms with Crippen LogP contribution in [0.3, 0.4) is 0 Å². The number of aromatic hydroxyl groups is 1. The Morgan fingerprint density at radius 1 is 1.42 bits per heavy atom. The number of β-lactam (4-membered cyclic amide) rings is 1. The maximum atomic E-state index is 12.7. The lowest BCUT2D eigenvalue weighted by atomic mass is 10.00. The number of carbonyl (C=O) groups excluding carboxylic acids is 2. The monoisotopic (exact) mass is 504 g/mol. The van der Waals surface area contributed by atoms with Crippen molar-refractivity contribution in [2.45, 2.75) is 25.6 Å².